The summed E-state index contributed by atoms with van der Waals surface area (Å²) in [4.78, 5) is 0. The van der Waals surface area contributed by atoms with Gasteiger partial charge in [-0.15, -0.1) is 0 Å². The van der Waals surface area contributed by atoms with Gasteiger partial charge in [0.15, 0.2) is 0 Å². The molecule has 1 aromatic carbocycles. The molecule has 0 spiro atoms. The number of hydrogen-bond donors (Lipinski definition) is 0. The summed E-state index contributed by atoms with van der Waals surface area (Å²) in [6.07, 6.45) is 14.5. The Kier molecular flexibility index (Phi) is 5.09. The van der Waals surface area contributed by atoms with Crippen molar-refractivity contribution in [3.05, 3.63) is 41.3 Å². The Bertz CT molecular complexity index is 338. The van der Waals surface area contributed by atoms with Gasteiger partial charge < -0.3 is 0 Å². The van der Waals surface area contributed by atoms with Crippen LogP contribution in [-0.2, 0) is 12.8 Å². The lowest BCUT2D eigenvalue weighted by Gasteiger charge is -2.05. The zero-order chi connectivity index (χ0) is 11.9. The van der Waals surface area contributed by atoms with Crippen LogP contribution in [0.4, 0.5) is 0 Å². The van der Waals surface area contributed by atoms with Crippen LogP contribution in [-0.4, -0.2) is 0 Å². The van der Waals surface area contributed by atoms with Crippen molar-refractivity contribution in [2.24, 2.45) is 0 Å². The number of rotatable bonds is 7. The van der Waals surface area contributed by atoms with Gasteiger partial charge in [0.05, 0.1) is 0 Å². The van der Waals surface area contributed by atoms with Crippen LogP contribution < -0.4 is 0 Å². The summed E-state index contributed by atoms with van der Waals surface area (Å²) in [5.41, 5.74) is 4.61. The smallest absolute Gasteiger partial charge is 0.00870 e. The number of aryl methyl sites for hydroxylation is 2. The molecule has 0 aromatic heterocycles. The molecule has 0 saturated heterocycles. The monoisotopic (exact) mass is 229 g/mol. The van der Waals surface area contributed by atoms with E-state index in [0.29, 0.717) is 0 Å². The predicted octanol–water partition coefficient (Wildman–Crippen LogP) is 5.09. The van der Waals surface area contributed by atoms with Crippen LogP contribution >= 0.6 is 0 Å². The van der Waals surface area contributed by atoms with Gasteiger partial charge >= 0.3 is 0 Å². The van der Waals surface area contributed by atoms with Gasteiger partial charge in [-0.1, -0.05) is 57.2 Å². The molecule has 0 unspecified atom stereocenters. The average Bonchev–Trinajstić information content (AvgIpc) is 2.81. The van der Waals surface area contributed by atoms with Crippen molar-refractivity contribution in [1.29, 1.82) is 0 Å². The Balaban J connectivity index is 1.69. The number of hydrogen-bond acceptors (Lipinski definition) is 0. The first-order chi connectivity index (χ1) is 8.40. The number of fused-ring (bicyclic) bond motifs is 1. The molecule has 0 N–H and O–H groups in total. The Hall–Kier alpha value is -0.780. The summed E-state index contributed by atoms with van der Waals surface area (Å²) in [5, 5.41) is 0. The van der Waals surface area contributed by atoms with E-state index >= 15 is 0 Å². The van der Waals surface area contributed by atoms with E-state index < -0.39 is 0 Å². The fraction of sp³-hybridized carbons (Fsp3) is 0.588. The summed E-state index contributed by atoms with van der Waals surface area (Å²) >= 11 is 0. The zero-order valence-corrected chi connectivity index (χ0v) is 11.2. The highest BCUT2D eigenvalue weighted by Crippen LogP contribution is 2.25. The van der Waals surface area contributed by atoms with Gasteiger partial charge in [-0.3, -0.25) is 0 Å². The predicted molar refractivity (Wildman–Crippen MR) is 75.2 cm³/mol. The van der Waals surface area contributed by atoms with Crippen LogP contribution in [0.15, 0.2) is 18.2 Å². The minimum absolute atomic E-state index is 1.25. The summed E-state index contributed by atoms with van der Waals surface area (Å²) in [7, 11) is 0. The van der Waals surface area contributed by atoms with Crippen molar-refractivity contribution >= 4 is 0 Å². The maximum Gasteiger partial charge on any atom is -0.00870 e. The van der Waals surface area contributed by atoms with E-state index in [9.17, 15) is 0 Å². The minimum atomic E-state index is 1.25. The highest BCUT2D eigenvalue weighted by Gasteiger charge is 2.10. The van der Waals surface area contributed by atoms with E-state index in [2.05, 4.69) is 31.5 Å². The molecule has 1 aliphatic rings. The Morgan fingerprint density at radius 2 is 1.82 bits per heavy atom. The second-order valence-corrected chi connectivity index (χ2v) is 5.29. The van der Waals surface area contributed by atoms with Crippen LogP contribution in [0.3, 0.4) is 0 Å². The minimum Gasteiger partial charge on any atom is -0.0654 e. The van der Waals surface area contributed by atoms with E-state index in [0.717, 1.165) is 0 Å². The van der Waals surface area contributed by atoms with Gasteiger partial charge in [0.2, 0.25) is 0 Å². The van der Waals surface area contributed by atoms with Gasteiger partial charge in [0, 0.05) is 0 Å². The van der Waals surface area contributed by atoms with Crippen molar-refractivity contribution < 1.29 is 0 Å². The molecule has 0 bridgehead atoms. The molecule has 1 aliphatic carbocycles. The average molecular weight is 229 g/mol. The molecule has 0 aliphatic heterocycles. The van der Waals surface area contributed by atoms with Crippen LogP contribution in [0.2, 0.25) is 0 Å². The zero-order valence-electron chi connectivity index (χ0n) is 11.2. The quantitative estimate of drug-likeness (QED) is 0.571. The van der Waals surface area contributed by atoms with E-state index in [-0.39, 0.29) is 0 Å². The SMILES string of the molecule is CCCCCCCCc1ccc2c(c1)CC[CH]2. The maximum absolute atomic E-state index is 2.44. The number of benzene rings is 1. The fourth-order valence-corrected chi connectivity index (χ4v) is 2.72. The van der Waals surface area contributed by atoms with Gasteiger partial charge in [-0.2, -0.15) is 0 Å². The molecule has 0 heterocycles. The molecule has 0 amide bonds. The van der Waals surface area contributed by atoms with E-state index in [1.54, 1.807) is 11.1 Å². The molecule has 93 valence electrons. The highest BCUT2D eigenvalue weighted by atomic mass is 14.2. The third kappa shape index (κ3) is 3.87. The fourth-order valence-electron chi connectivity index (χ4n) is 2.72. The molecule has 2 rings (SSSR count). The first-order valence-electron chi connectivity index (χ1n) is 7.35. The second-order valence-electron chi connectivity index (χ2n) is 5.29. The van der Waals surface area contributed by atoms with E-state index in [1.807, 2.05) is 0 Å². The normalized spacial score (nSPS) is 13.9. The van der Waals surface area contributed by atoms with E-state index in [1.165, 1.54) is 63.4 Å². The molecule has 0 atom stereocenters. The van der Waals surface area contributed by atoms with Gasteiger partial charge in [-0.25, -0.2) is 0 Å². The molecule has 0 nitrogen and oxygen atoms in total. The molecule has 17 heavy (non-hydrogen) atoms. The topological polar surface area (TPSA) is 0 Å². The van der Waals surface area contributed by atoms with Crippen molar-refractivity contribution in [2.75, 3.05) is 0 Å². The molecular formula is C17H25. The van der Waals surface area contributed by atoms with Gasteiger partial charge in [0.1, 0.15) is 0 Å². The molecule has 0 fully saturated rings. The second kappa shape index (κ2) is 6.83. The van der Waals surface area contributed by atoms with Gasteiger partial charge in [0.25, 0.3) is 0 Å². The lowest BCUT2D eigenvalue weighted by molar-refractivity contribution is 0.607. The summed E-state index contributed by atoms with van der Waals surface area (Å²) in [5.74, 6) is 0. The molecule has 1 radical (unpaired) electrons. The van der Waals surface area contributed by atoms with E-state index in [4.69, 9.17) is 0 Å². The van der Waals surface area contributed by atoms with Crippen LogP contribution in [0, 0.1) is 6.42 Å². The first kappa shape index (κ1) is 12.7. The standard InChI is InChI=1S/C17H25/c1-2-3-4-5-6-7-9-15-12-13-16-10-8-11-17(16)14-15/h10,12-14H,2-9,11H2,1H3. The Morgan fingerprint density at radius 1 is 1.00 bits per heavy atom. The largest absolute Gasteiger partial charge is 0.0654 e. The van der Waals surface area contributed by atoms with Crippen LogP contribution in [0.5, 0.6) is 0 Å². The highest BCUT2D eigenvalue weighted by molar-refractivity contribution is 5.40. The van der Waals surface area contributed by atoms with Crippen LogP contribution in [0.25, 0.3) is 0 Å². The summed E-state index contributed by atoms with van der Waals surface area (Å²) in [6.45, 7) is 2.28. The van der Waals surface area contributed by atoms with Crippen molar-refractivity contribution in [1.82, 2.24) is 0 Å². The Morgan fingerprint density at radius 3 is 2.71 bits per heavy atom. The molecular weight excluding hydrogens is 204 g/mol. The summed E-state index contributed by atoms with van der Waals surface area (Å²) < 4.78 is 0. The Labute approximate surface area is 106 Å². The van der Waals surface area contributed by atoms with Crippen molar-refractivity contribution in [3.63, 3.8) is 0 Å². The van der Waals surface area contributed by atoms with Crippen molar-refractivity contribution in [3.8, 4) is 0 Å². The van der Waals surface area contributed by atoms with Gasteiger partial charge in [-0.05, 0) is 48.8 Å². The third-order valence-electron chi connectivity index (χ3n) is 3.80. The van der Waals surface area contributed by atoms with Crippen LogP contribution in [0.1, 0.15) is 68.6 Å². The molecule has 1 aromatic rings. The lowest BCUT2D eigenvalue weighted by Crippen LogP contribution is -1.89. The lowest BCUT2D eigenvalue weighted by atomic mass is 10.0. The number of unbranched alkanes of at least 4 members (excludes halogenated alkanes) is 5. The van der Waals surface area contributed by atoms with Crippen molar-refractivity contribution in [2.45, 2.75) is 64.7 Å². The maximum atomic E-state index is 2.44. The first-order valence-corrected chi connectivity index (χ1v) is 7.35. The molecule has 0 heteroatoms. The summed E-state index contributed by atoms with van der Waals surface area (Å²) in [6, 6.07) is 7.08. The third-order valence-corrected chi connectivity index (χ3v) is 3.80. The molecule has 0 saturated carbocycles.